The minimum Gasteiger partial charge on any atom is -0.328 e. The Labute approximate surface area is 192 Å². The fourth-order valence-electron chi connectivity index (χ4n) is 4.22. The van der Waals surface area contributed by atoms with Crippen LogP contribution in [-0.2, 0) is 13.1 Å². The summed E-state index contributed by atoms with van der Waals surface area (Å²) < 4.78 is 4.11. The lowest BCUT2D eigenvalue weighted by molar-refractivity contribution is 0.0745. The van der Waals surface area contributed by atoms with Crippen LogP contribution in [0.3, 0.4) is 0 Å². The molecular weight excluding hydrogens is 416 g/mol. The normalized spacial score (nSPS) is 12.9. The molecule has 1 amide bonds. The molecule has 2 aromatic carbocycles. The topological polar surface area (TPSA) is 43.1 Å². The zero-order valence-electron chi connectivity index (χ0n) is 18.6. The molecule has 5 nitrogen and oxygen atoms in total. The van der Waals surface area contributed by atoms with Gasteiger partial charge < -0.3 is 9.47 Å². The van der Waals surface area contributed by atoms with Gasteiger partial charge in [-0.15, -0.1) is 11.8 Å². The van der Waals surface area contributed by atoms with Crippen molar-refractivity contribution in [2.45, 2.75) is 38.8 Å². The Balaban J connectivity index is 1.53. The number of carbonyl (C=O) groups excluding carboxylic acids is 1. The first-order valence-electron chi connectivity index (χ1n) is 10.9. The predicted molar refractivity (Wildman–Crippen MR) is 129 cm³/mol. The van der Waals surface area contributed by atoms with Crippen molar-refractivity contribution in [3.8, 4) is 11.5 Å². The number of benzene rings is 2. The van der Waals surface area contributed by atoms with E-state index in [1.54, 1.807) is 11.8 Å². The first kappa shape index (κ1) is 20.6. The van der Waals surface area contributed by atoms with E-state index in [9.17, 15) is 4.79 Å². The summed E-state index contributed by atoms with van der Waals surface area (Å²) in [5.74, 6) is 2.00. The van der Waals surface area contributed by atoms with Crippen LogP contribution < -0.4 is 0 Å². The van der Waals surface area contributed by atoms with Gasteiger partial charge in [0.25, 0.3) is 5.91 Å². The summed E-state index contributed by atoms with van der Waals surface area (Å²) in [5.41, 5.74) is 6.37. The molecule has 0 saturated carbocycles. The Morgan fingerprint density at radius 3 is 2.53 bits per heavy atom. The summed E-state index contributed by atoms with van der Waals surface area (Å²) in [5, 5.41) is 4.97. The Bertz CT molecular complexity index is 1290. The lowest BCUT2D eigenvalue weighted by Crippen LogP contribution is -2.27. The number of rotatable bonds is 5. The number of hydrogen-bond donors (Lipinski definition) is 0. The van der Waals surface area contributed by atoms with E-state index >= 15 is 0 Å². The van der Waals surface area contributed by atoms with Crippen LogP contribution >= 0.6 is 11.8 Å². The quantitative estimate of drug-likeness (QED) is 0.381. The van der Waals surface area contributed by atoms with Crippen molar-refractivity contribution < 1.29 is 4.79 Å². The third-order valence-electron chi connectivity index (χ3n) is 6.02. The van der Waals surface area contributed by atoms with Crippen LogP contribution in [0.15, 0.2) is 71.9 Å². The SMILES string of the molecule is CCSc1ccccc1C(=O)N1Cc2nn(-c3ccc(C)c(C)c3)c(-n3cccc3)c2C1. The van der Waals surface area contributed by atoms with Crippen LogP contribution in [0.1, 0.15) is 39.7 Å². The van der Waals surface area contributed by atoms with Gasteiger partial charge >= 0.3 is 0 Å². The van der Waals surface area contributed by atoms with E-state index in [1.807, 2.05) is 58.4 Å². The highest BCUT2D eigenvalue weighted by atomic mass is 32.2. The Morgan fingerprint density at radius 1 is 1.00 bits per heavy atom. The summed E-state index contributed by atoms with van der Waals surface area (Å²) in [6, 6.07) is 18.3. The molecule has 2 aromatic heterocycles. The summed E-state index contributed by atoms with van der Waals surface area (Å²) in [4.78, 5) is 16.4. The van der Waals surface area contributed by atoms with Gasteiger partial charge in [-0.05, 0) is 67.1 Å². The van der Waals surface area contributed by atoms with E-state index in [0.29, 0.717) is 13.1 Å². The van der Waals surface area contributed by atoms with E-state index in [-0.39, 0.29) is 5.91 Å². The summed E-state index contributed by atoms with van der Waals surface area (Å²) in [6.07, 6.45) is 4.07. The lowest BCUT2D eigenvalue weighted by Gasteiger charge is -2.19. The van der Waals surface area contributed by atoms with Crippen LogP contribution in [0.4, 0.5) is 0 Å². The average Bonchev–Trinajstić information content (AvgIpc) is 3.52. The molecule has 3 heterocycles. The number of nitrogens with zero attached hydrogens (tertiary/aromatic N) is 4. The van der Waals surface area contributed by atoms with Crippen LogP contribution in [0, 0.1) is 13.8 Å². The molecule has 0 radical (unpaired) electrons. The number of amides is 1. The lowest BCUT2D eigenvalue weighted by atomic mass is 10.1. The van der Waals surface area contributed by atoms with Crippen molar-refractivity contribution >= 4 is 17.7 Å². The van der Waals surface area contributed by atoms with Crippen molar-refractivity contribution in [1.29, 1.82) is 0 Å². The molecule has 0 spiro atoms. The van der Waals surface area contributed by atoms with Crippen molar-refractivity contribution in [1.82, 2.24) is 19.2 Å². The van der Waals surface area contributed by atoms with Gasteiger partial charge in [0.1, 0.15) is 5.82 Å². The van der Waals surface area contributed by atoms with Crippen LogP contribution in [-0.4, -0.2) is 30.9 Å². The molecule has 32 heavy (non-hydrogen) atoms. The van der Waals surface area contributed by atoms with E-state index in [0.717, 1.165) is 39.0 Å². The first-order valence-corrected chi connectivity index (χ1v) is 11.9. The number of aromatic nitrogens is 3. The van der Waals surface area contributed by atoms with Gasteiger partial charge in [0.2, 0.25) is 0 Å². The molecule has 0 bridgehead atoms. The number of aryl methyl sites for hydroxylation is 2. The van der Waals surface area contributed by atoms with Gasteiger partial charge in [0.05, 0.1) is 30.0 Å². The second kappa shape index (κ2) is 8.36. The predicted octanol–water partition coefficient (Wildman–Crippen LogP) is 5.55. The maximum Gasteiger partial charge on any atom is 0.255 e. The minimum atomic E-state index is 0.0655. The zero-order valence-corrected chi connectivity index (χ0v) is 19.4. The van der Waals surface area contributed by atoms with E-state index in [1.165, 1.54) is 11.1 Å². The fourth-order valence-corrected chi connectivity index (χ4v) is 5.02. The molecule has 0 aliphatic carbocycles. The number of thioether (sulfide) groups is 1. The monoisotopic (exact) mass is 442 g/mol. The molecule has 0 atom stereocenters. The molecule has 4 aromatic rings. The molecule has 0 saturated heterocycles. The summed E-state index contributed by atoms with van der Waals surface area (Å²) in [6.45, 7) is 7.42. The van der Waals surface area contributed by atoms with Crippen molar-refractivity contribution in [2.24, 2.45) is 0 Å². The van der Waals surface area contributed by atoms with E-state index < -0.39 is 0 Å². The van der Waals surface area contributed by atoms with Gasteiger partial charge in [-0.3, -0.25) is 4.79 Å². The molecule has 1 aliphatic rings. The van der Waals surface area contributed by atoms with Crippen molar-refractivity contribution in [3.05, 3.63) is 94.9 Å². The van der Waals surface area contributed by atoms with E-state index in [4.69, 9.17) is 5.10 Å². The minimum absolute atomic E-state index is 0.0655. The molecule has 162 valence electrons. The van der Waals surface area contributed by atoms with Gasteiger partial charge in [0, 0.05) is 22.9 Å². The van der Waals surface area contributed by atoms with E-state index in [2.05, 4.69) is 43.5 Å². The molecule has 0 unspecified atom stereocenters. The standard InChI is InChI=1S/C26H26N4OS/c1-4-32-24-10-6-5-9-21(24)26(31)29-16-22-23(17-29)27-30(25(22)28-13-7-8-14-28)20-12-11-18(2)19(3)15-20/h5-15H,4,16-17H2,1-3H3. The highest BCUT2D eigenvalue weighted by Crippen LogP contribution is 2.33. The number of fused-ring (bicyclic) bond motifs is 1. The summed E-state index contributed by atoms with van der Waals surface area (Å²) >= 11 is 1.71. The number of carbonyl (C=O) groups is 1. The molecule has 1 aliphatic heterocycles. The molecular formula is C26H26N4OS. The highest BCUT2D eigenvalue weighted by molar-refractivity contribution is 7.99. The Morgan fingerprint density at radius 2 is 1.78 bits per heavy atom. The fraction of sp³-hybridized carbons (Fsp3) is 0.231. The zero-order chi connectivity index (χ0) is 22.2. The molecule has 6 heteroatoms. The van der Waals surface area contributed by atoms with Gasteiger partial charge in [-0.25, -0.2) is 4.68 Å². The van der Waals surface area contributed by atoms with Crippen molar-refractivity contribution in [3.63, 3.8) is 0 Å². The molecule has 0 fully saturated rings. The average molecular weight is 443 g/mol. The van der Waals surface area contributed by atoms with Gasteiger partial charge in [-0.1, -0.05) is 25.1 Å². The smallest absolute Gasteiger partial charge is 0.255 e. The summed E-state index contributed by atoms with van der Waals surface area (Å²) in [7, 11) is 0. The van der Waals surface area contributed by atoms with Crippen molar-refractivity contribution in [2.75, 3.05) is 5.75 Å². The largest absolute Gasteiger partial charge is 0.328 e. The van der Waals surface area contributed by atoms with Crippen LogP contribution in [0.25, 0.3) is 11.5 Å². The second-order valence-electron chi connectivity index (χ2n) is 8.11. The van der Waals surface area contributed by atoms with Gasteiger partial charge in [0.15, 0.2) is 0 Å². The third-order valence-corrected chi connectivity index (χ3v) is 6.97. The van der Waals surface area contributed by atoms with Gasteiger partial charge in [-0.2, -0.15) is 5.10 Å². The maximum absolute atomic E-state index is 13.4. The second-order valence-corrected chi connectivity index (χ2v) is 9.42. The Hall–Kier alpha value is -3.25. The molecule has 0 N–H and O–H groups in total. The highest BCUT2D eigenvalue weighted by Gasteiger charge is 2.32. The maximum atomic E-state index is 13.4. The van der Waals surface area contributed by atoms with Crippen LogP contribution in [0.5, 0.6) is 0 Å². The number of hydrogen-bond acceptors (Lipinski definition) is 3. The van der Waals surface area contributed by atoms with Crippen LogP contribution in [0.2, 0.25) is 0 Å². The third kappa shape index (κ3) is 3.54. The Kier molecular flexibility index (Phi) is 5.39. The molecule has 5 rings (SSSR count). The first-order chi connectivity index (χ1) is 15.6.